The minimum absolute atomic E-state index is 0.00222. The second-order valence-corrected chi connectivity index (χ2v) is 5.99. The van der Waals surface area contributed by atoms with Crippen LogP contribution < -0.4 is 5.32 Å². The smallest absolute Gasteiger partial charge is 0.288 e. The summed E-state index contributed by atoms with van der Waals surface area (Å²) in [4.78, 5) is 13.1. The summed E-state index contributed by atoms with van der Waals surface area (Å²) in [6, 6.07) is 5.41. The molecule has 0 saturated carbocycles. The molecule has 2 atom stereocenters. The fourth-order valence-corrected chi connectivity index (χ4v) is 3.12. The van der Waals surface area contributed by atoms with Crippen molar-refractivity contribution in [2.45, 2.75) is 26.3 Å². The summed E-state index contributed by atoms with van der Waals surface area (Å²) in [5, 5.41) is 14.7. The van der Waals surface area contributed by atoms with Gasteiger partial charge in [-0.3, -0.25) is 15.0 Å². The molecule has 0 radical (unpaired) electrons. The average Bonchev–Trinajstić information content (AvgIpc) is 2.49. The molecule has 1 saturated heterocycles. The maximum absolute atomic E-state index is 11.1. The van der Waals surface area contributed by atoms with Gasteiger partial charge in [-0.1, -0.05) is 37.9 Å². The maximum atomic E-state index is 11.1. The minimum Gasteiger partial charge on any atom is -0.314 e. The number of nitro groups is 1. The topological polar surface area (TPSA) is 58.4 Å². The molecule has 0 spiro atoms. The molecule has 1 aromatic carbocycles. The highest BCUT2D eigenvalue weighted by Crippen LogP contribution is 2.35. The number of piperazine rings is 1. The van der Waals surface area contributed by atoms with Gasteiger partial charge >= 0.3 is 0 Å². The Morgan fingerprint density at radius 3 is 2.67 bits per heavy atom. The van der Waals surface area contributed by atoms with Crippen molar-refractivity contribution in [3.8, 4) is 0 Å². The van der Waals surface area contributed by atoms with Crippen LogP contribution in [0.15, 0.2) is 18.2 Å². The molecule has 1 fully saturated rings. The minimum atomic E-state index is -0.405. The number of rotatable bonds is 5. The molecule has 2 rings (SSSR count). The standard InChI is InChI=1S/C15H22ClN3O2/c1-3-11(2)15(18-8-6-17-7-9-18)12-4-5-13(16)14(10-12)19(20)21/h4-5,10-11,15,17H,3,6-9H2,1-2H3/t11?,15-/m1/s1. The zero-order valence-electron chi connectivity index (χ0n) is 12.5. The van der Waals surface area contributed by atoms with E-state index in [9.17, 15) is 10.1 Å². The van der Waals surface area contributed by atoms with Gasteiger partial charge < -0.3 is 5.32 Å². The van der Waals surface area contributed by atoms with Crippen molar-refractivity contribution in [3.63, 3.8) is 0 Å². The van der Waals surface area contributed by atoms with Crippen LogP contribution in [0.25, 0.3) is 0 Å². The molecule has 0 aromatic heterocycles. The Kier molecular flexibility index (Phi) is 5.56. The normalized spacial score (nSPS) is 19.2. The van der Waals surface area contributed by atoms with E-state index in [0.717, 1.165) is 38.2 Å². The molecule has 0 aliphatic carbocycles. The van der Waals surface area contributed by atoms with E-state index in [2.05, 4.69) is 24.1 Å². The molecule has 5 nitrogen and oxygen atoms in total. The van der Waals surface area contributed by atoms with E-state index in [4.69, 9.17) is 11.6 Å². The van der Waals surface area contributed by atoms with Crippen LogP contribution in [-0.4, -0.2) is 36.0 Å². The van der Waals surface area contributed by atoms with Crippen LogP contribution in [0.5, 0.6) is 0 Å². The second kappa shape index (κ2) is 7.20. The van der Waals surface area contributed by atoms with E-state index >= 15 is 0 Å². The number of nitrogens with zero attached hydrogens (tertiary/aromatic N) is 2. The van der Waals surface area contributed by atoms with E-state index in [1.54, 1.807) is 12.1 Å². The summed E-state index contributed by atoms with van der Waals surface area (Å²) in [6.45, 7) is 8.21. The van der Waals surface area contributed by atoms with Crippen molar-refractivity contribution in [3.05, 3.63) is 38.9 Å². The third-order valence-electron chi connectivity index (χ3n) is 4.24. The predicted octanol–water partition coefficient (Wildman–Crippen LogP) is 3.24. The van der Waals surface area contributed by atoms with Gasteiger partial charge in [0.05, 0.1) is 4.92 Å². The predicted molar refractivity (Wildman–Crippen MR) is 84.7 cm³/mol. The zero-order valence-corrected chi connectivity index (χ0v) is 13.3. The molecule has 1 aromatic rings. The number of nitro benzene ring substituents is 1. The molecule has 1 heterocycles. The average molecular weight is 312 g/mol. The molecule has 1 unspecified atom stereocenters. The van der Waals surface area contributed by atoms with E-state index in [1.165, 1.54) is 0 Å². The van der Waals surface area contributed by atoms with Gasteiger partial charge in [0.25, 0.3) is 5.69 Å². The molecule has 21 heavy (non-hydrogen) atoms. The van der Waals surface area contributed by atoms with Gasteiger partial charge in [0.2, 0.25) is 0 Å². The molecular weight excluding hydrogens is 290 g/mol. The zero-order chi connectivity index (χ0) is 15.4. The first-order valence-electron chi connectivity index (χ1n) is 7.43. The summed E-state index contributed by atoms with van der Waals surface area (Å²) in [6.07, 6.45) is 1.03. The third kappa shape index (κ3) is 3.73. The van der Waals surface area contributed by atoms with Crippen molar-refractivity contribution in [1.29, 1.82) is 0 Å². The lowest BCUT2D eigenvalue weighted by atomic mass is 9.90. The van der Waals surface area contributed by atoms with Crippen LogP contribution in [0.1, 0.15) is 31.9 Å². The van der Waals surface area contributed by atoms with Crippen LogP contribution in [-0.2, 0) is 0 Å². The monoisotopic (exact) mass is 311 g/mol. The van der Waals surface area contributed by atoms with Crippen LogP contribution in [0.3, 0.4) is 0 Å². The Morgan fingerprint density at radius 1 is 1.43 bits per heavy atom. The van der Waals surface area contributed by atoms with Crippen LogP contribution in [0, 0.1) is 16.0 Å². The SMILES string of the molecule is CCC(C)[C@H](c1ccc(Cl)c([N+](=O)[O-])c1)N1CCNCC1. The summed E-state index contributed by atoms with van der Waals surface area (Å²) in [5.41, 5.74) is 0.986. The van der Waals surface area contributed by atoms with Crippen molar-refractivity contribution in [2.24, 2.45) is 5.92 Å². The van der Waals surface area contributed by atoms with E-state index in [1.807, 2.05) is 6.07 Å². The Balaban J connectivity index is 2.36. The van der Waals surface area contributed by atoms with Crippen LogP contribution in [0.4, 0.5) is 5.69 Å². The molecule has 1 aliphatic rings. The molecule has 0 bridgehead atoms. The molecule has 0 amide bonds. The molecule has 1 aliphatic heterocycles. The molecule has 6 heteroatoms. The first kappa shape index (κ1) is 16.2. The summed E-state index contributed by atoms with van der Waals surface area (Å²) < 4.78 is 0. The van der Waals surface area contributed by atoms with E-state index in [0.29, 0.717) is 5.92 Å². The van der Waals surface area contributed by atoms with Gasteiger partial charge in [0.15, 0.2) is 0 Å². The third-order valence-corrected chi connectivity index (χ3v) is 4.56. The molecule has 1 N–H and O–H groups in total. The van der Waals surface area contributed by atoms with Gasteiger partial charge in [0, 0.05) is 38.3 Å². The first-order chi connectivity index (χ1) is 10.0. The van der Waals surface area contributed by atoms with Crippen LogP contribution in [0.2, 0.25) is 5.02 Å². The second-order valence-electron chi connectivity index (χ2n) is 5.58. The highest BCUT2D eigenvalue weighted by atomic mass is 35.5. The number of nitrogens with one attached hydrogen (secondary N) is 1. The van der Waals surface area contributed by atoms with Crippen molar-refractivity contribution >= 4 is 17.3 Å². The van der Waals surface area contributed by atoms with E-state index < -0.39 is 4.92 Å². The lowest BCUT2D eigenvalue weighted by Gasteiger charge is -2.38. The summed E-state index contributed by atoms with van der Waals surface area (Å²) in [7, 11) is 0. The quantitative estimate of drug-likeness (QED) is 0.670. The summed E-state index contributed by atoms with van der Waals surface area (Å²) >= 11 is 5.93. The van der Waals surface area contributed by atoms with E-state index in [-0.39, 0.29) is 16.8 Å². The Morgan fingerprint density at radius 2 is 2.10 bits per heavy atom. The summed E-state index contributed by atoms with van der Waals surface area (Å²) in [5.74, 6) is 0.434. The van der Waals surface area contributed by atoms with Gasteiger partial charge in [-0.15, -0.1) is 0 Å². The van der Waals surface area contributed by atoms with Crippen LogP contribution >= 0.6 is 11.6 Å². The highest BCUT2D eigenvalue weighted by molar-refractivity contribution is 6.32. The van der Waals surface area contributed by atoms with Gasteiger partial charge in [-0.05, 0) is 17.5 Å². The number of hydrogen-bond acceptors (Lipinski definition) is 4. The largest absolute Gasteiger partial charge is 0.314 e. The van der Waals surface area contributed by atoms with Crippen molar-refractivity contribution in [2.75, 3.05) is 26.2 Å². The lowest BCUT2D eigenvalue weighted by Crippen LogP contribution is -2.46. The van der Waals surface area contributed by atoms with Gasteiger partial charge in [-0.25, -0.2) is 0 Å². The van der Waals surface area contributed by atoms with Crippen molar-refractivity contribution < 1.29 is 4.92 Å². The van der Waals surface area contributed by atoms with Crippen molar-refractivity contribution in [1.82, 2.24) is 10.2 Å². The number of halogens is 1. The molecule has 116 valence electrons. The first-order valence-corrected chi connectivity index (χ1v) is 7.81. The fourth-order valence-electron chi connectivity index (χ4n) is 2.94. The van der Waals surface area contributed by atoms with Gasteiger partial charge in [-0.2, -0.15) is 0 Å². The fraction of sp³-hybridized carbons (Fsp3) is 0.600. The lowest BCUT2D eigenvalue weighted by molar-refractivity contribution is -0.384. The number of benzene rings is 1. The molecular formula is C15H22ClN3O2. The van der Waals surface area contributed by atoms with Gasteiger partial charge in [0.1, 0.15) is 5.02 Å². The Bertz CT molecular complexity index is 504. The maximum Gasteiger partial charge on any atom is 0.288 e. The highest BCUT2D eigenvalue weighted by Gasteiger charge is 2.28. The Hall–Kier alpha value is -1.17. The Labute approximate surface area is 130 Å². The number of hydrogen-bond donors (Lipinski definition) is 1.